The predicted molar refractivity (Wildman–Crippen MR) is 203 cm³/mol. The molecule has 0 atom stereocenters. The Morgan fingerprint density at radius 3 is 1.63 bits per heavy atom. The van der Waals surface area contributed by atoms with Crippen LogP contribution in [0.5, 0.6) is 11.5 Å². The Morgan fingerprint density at radius 2 is 1.22 bits per heavy atom. The van der Waals surface area contributed by atoms with Crippen LogP contribution < -0.4 is 15.8 Å². The number of nitrogens with zero attached hydrogens (tertiary/aromatic N) is 1. The Bertz CT molecular complexity index is 1310. The van der Waals surface area contributed by atoms with Crippen LogP contribution in [0.3, 0.4) is 0 Å². The zero-order chi connectivity index (χ0) is 34.6. The molecular formula is C39H61N3O2S2. The fourth-order valence-corrected chi connectivity index (χ4v) is 8.85. The number of allylic oxidation sites excluding steroid dienone is 1. The third-order valence-electron chi connectivity index (χ3n) is 8.33. The van der Waals surface area contributed by atoms with Crippen LogP contribution in [-0.4, -0.2) is 41.6 Å². The second kappa shape index (κ2) is 15.0. The van der Waals surface area contributed by atoms with Crippen LogP contribution in [-0.2, 0) is 21.7 Å². The first-order valence-electron chi connectivity index (χ1n) is 16.8. The molecule has 0 unspecified atom stereocenters. The zero-order valence-electron chi connectivity index (χ0n) is 30.7. The van der Waals surface area contributed by atoms with Crippen molar-refractivity contribution in [3.63, 3.8) is 0 Å². The topological polar surface area (TPSA) is 79.9 Å². The summed E-state index contributed by atoms with van der Waals surface area (Å²) in [6.45, 7) is 30.1. The average Bonchev–Trinajstić information content (AvgIpc) is 2.92. The van der Waals surface area contributed by atoms with E-state index in [1.807, 2.05) is 23.5 Å². The Kier molecular flexibility index (Phi) is 12.5. The van der Waals surface area contributed by atoms with Gasteiger partial charge in [-0.15, -0.1) is 23.5 Å². The van der Waals surface area contributed by atoms with Crippen LogP contribution in [0.15, 0.2) is 51.3 Å². The highest BCUT2D eigenvalue weighted by Crippen LogP contribution is 2.54. The molecule has 1 saturated heterocycles. The van der Waals surface area contributed by atoms with E-state index in [4.69, 9.17) is 10.5 Å². The minimum absolute atomic E-state index is 0.0464. The van der Waals surface area contributed by atoms with E-state index < -0.39 is 0 Å². The number of rotatable bonds is 10. The Hall–Kier alpha value is -2.09. The molecular weight excluding hydrogens is 607 g/mol. The van der Waals surface area contributed by atoms with E-state index in [-0.39, 0.29) is 25.7 Å². The lowest BCUT2D eigenvalue weighted by Gasteiger charge is -2.38. The molecule has 0 aliphatic carbocycles. The molecule has 4 N–H and O–H groups in total. The maximum atomic E-state index is 11.4. The molecule has 2 aromatic rings. The van der Waals surface area contributed by atoms with Crippen molar-refractivity contribution in [2.45, 2.75) is 138 Å². The Morgan fingerprint density at radius 1 is 0.783 bits per heavy atom. The number of phenols is 1. The average molecular weight is 668 g/mol. The normalized spacial score (nSPS) is 16.4. The first-order valence-corrected chi connectivity index (χ1v) is 18.5. The fraction of sp³-hybridized carbons (Fsp3) is 0.615. The quantitative estimate of drug-likeness (QED) is 0.133. The van der Waals surface area contributed by atoms with Crippen LogP contribution >= 0.6 is 23.5 Å². The predicted octanol–water partition coefficient (Wildman–Crippen LogP) is 9.86. The van der Waals surface area contributed by atoms with Crippen molar-refractivity contribution in [3.8, 4) is 11.5 Å². The number of thioether (sulfide) groups is 2. The summed E-state index contributed by atoms with van der Waals surface area (Å²) in [5, 5.41) is 15.0. The first kappa shape index (κ1) is 38.4. The minimum atomic E-state index is -0.165. The van der Waals surface area contributed by atoms with E-state index in [2.05, 4.69) is 118 Å². The van der Waals surface area contributed by atoms with Crippen molar-refractivity contribution in [1.29, 1.82) is 0 Å². The van der Waals surface area contributed by atoms with Gasteiger partial charge >= 0.3 is 0 Å². The molecule has 0 radical (unpaired) electrons. The van der Waals surface area contributed by atoms with E-state index in [0.717, 1.165) is 49.2 Å². The van der Waals surface area contributed by atoms with Crippen LogP contribution in [0.25, 0.3) is 0 Å². The summed E-state index contributed by atoms with van der Waals surface area (Å²) in [7, 11) is 0. The summed E-state index contributed by atoms with van der Waals surface area (Å²) in [4.78, 5) is 6.93. The molecule has 1 aliphatic rings. The van der Waals surface area contributed by atoms with Crippen molar-refractivity contribution < 1.29 is 9.84 Å². The molecule has 1 heterocycles. The highest BCUT2D eigenvalue weighted by molar-refractivity contribution is 8.18. The van der Waals surface area contributed by atoms with Gasteiger partial charge in [0.25, 0.3) is 0 Å². The maximum absolute atomic E-state index is 11.4. The lowest BCUT2D eigenvalue weighted by atomic mass is 9.79. The second-order valence-corrected chi connectivity index (χ2v) is 19.9. The van der Waals surface area contributed by atoms with Crippen LogP contribution in [0.1, 0.15) is 125 Å². The largest absolute Gasteiger partial charge is 0.507 e. The number of hydrogen-bond acceptors (Lipinski definition) is 7. The molecule has 1 aliphatic heterocycles. The summed E-state index contributed by atoms with van der Waals surface area (Å²) in [6.07, 6.45) is 7.92. The molecule has 0 amide bonds. The molecule has 46 heavy (non-hydrogen) atoms. The van der Waals surface area contributed by atoms with Gasteiger partial charge in [-0.2, -0.15) is 0 Å². The van der Waals surface area contributed by atoms with Gasteiger partial charge < -0.3 is 20.9 Å². The van der Waals surface area contributed by atoms with Gasteiger partial charge in [0, 0.05) is 51.2 Å². The van der Waals surface area contributed by atoms with Gasteiger partial charge in [0.2, 0.25) is 0 Å². The number of benzene rings is 2. The van der Waals surface area contributed by atoms with Gasteiger partial charge in [-0.25, -0.2) is 0 Å². The molecule has 0 spiro atoms. The number of aliphatic imine (C=N–C) groups is 1. The van der Waals surface area contributed by atoms with Gasteiger partial charge in [-0.05, 0) is 84.1 Å². The monoisotopic (exact) mass is 667 g/mol. The number of aromatic hydroxyl groups is 1. The van der Waals surface area contributed by atoms with Crippen molar-refractivity contribution in [2.75, 3.05) is 26.2 Å². The molecule has 3 rings (SSSR count). The van der Waals surface area contributed by atoms with E-state index in [0.29, 0.717) is 18.9 Å². The molecule has 0 bridgehead atoms. The van der Waals surface area contributed by atoms with Crippen molar-refractivity contribution in [2.24, 2.45) is 10.7 Å². The third kappa shape index (κ3) is 10.2. The number of ether oxygens (including phenoxy) is 1. The van der Waals surface area contributed by atoms with E-state index in [1.165, 1.54) is 27.1 Å². The standard InChI is InChI=1S/C39H61N3O2S2/c1-35(2,3)29-23-27(24-30(33(29)43)36(4,5)6)45-39(15-20-42-21-16-39)46-28-25-31(37(7,8)9)34(32(26-28)38(10,11)12)44-22-14-19-41-18-13-17-40/h13,17-18,23-26,42-43H,14-16,19-22,40H2,1-12H3. The molecule has 5 nitrogen and oxygen atoms in total. The van der Waals surface area contributed by atoms with E-state index in [1.54, 1.807) is 12.3 Å². The number of hydrogen-bond donors (Lipinski definition) is 3. The molecule has 0 saturated carbocycles. The number of phenolic OH excluding ortho intramolecular Hbond substituents is 1. The Labute approximate surface area is 289 Å². The van der Waals surface area contributed by atoms with E-state index in [9.17, 15) is 5.11 Å². The van der Waals surface area contributed by atoms with Crippen molar-refractivity contribution in [3.05, 3.63) is 58.8 Å². The molecule has 2 aromatic carbocycles. The van der Waals surface area contributed by atoms with Crippen LogP contribution in [0.4, 0.5) is 0 Å². The second-order valence-electron chi connectivity index (χ2n) is 16.7. The third-order valence-corrected chi connectivity index (χ3v) is 11.3. The molecule has 1 fully saturated rings. The SMILES string of the molecule is CC(C)(C)c1cc(SC2(Sc3cc(C(C)(C)C)c(OCCCN=CC=CN)c(C(C)(C)C)c3)CCNCC2)cc(C(C)(C)C)c1O. The number of nitrogens with one attached hydrogen (secondary N) is 1. The van der Waals surface area contributed by atoms with Crippen LogP contribution in [0.2, 0.25) is 0 Å². The van der Waals surface area contributed by atoms with Gasteiger partial charge in [0.05, 0.1) is 10.7 Å². The number of nitrogens with two attached hydrogens (primary N) is 1. The maximum Gasteiger partial charge on any atom is 0.126 e. The van der Waals surface area contributed by atoms with Gasteiger partial charge in [-0.3, -0.25) is 4.99 Å². The summed E-state index contributed by atoms with van der Waals surface area (Å²) in [5.74, 6) is 1.46. The summed E-state index contributed by atoms with van der Waals surface area (Å²) in [5.41, 5.74) is 9.44. The van der Waals surface area contributed by atoms with Gasteiger partial charge in [0.1, 0.15) is 11.5 Å². The lowest BCUT2D eigenvalue weighted by Crippen LogP contribution is -2.37. The highest BCUT2D eigenvalue weighted by Gasteiger charge is 2.38. The zero-order valence-corrected chi connectivity index (χ0v) is 32.3. The highest BCUT2D eigenvalue weighted by atomic mass is 32.2. The number of piperidine rings is 1. The summed E-state index contributed by atoms with van der Waals surface area (Å²) in [6, 6.07) is 9.27. The minimum Gasteiger partial charge on any atom is -0.507 e. The summed E-state index contributed by atoms with van der Waals surface area (Å²) >= 11 is 4.00. The molecule has 256 valence electrons. The Balaban J connectivity index is 2.08. The van der Waals surface area contributed by atoms with Crippen molar-refractivity contribution >= 4 is 29.7 Å². The fourth-order valence-electron chi connectivity index (χ4n) is 5.72. The molecule has 0 aromatic heterocycles. The van der Waals surface area contributed by atoms with E-state index >= 15 is 0 Å². The first-order chi connectivity index (χ1) is 21.2. The smallest absolute Gasteiger partial charge is 0.126 e. The van der Waals surface area contributed by atoms with Crippen molar-refractivity contribution in [1.82, 2.24) is 5.32 Å². The van der Waals surface area contributed by atoms with Gasteiger partial charge in [-0.1, -0.05) is 83.1 Å². The van der Waals surface area contributed by atoms with Gasteiger partial charge in [0.15, 0.2) is 0 Å². The van der Waals surface area contributed by atoms with Crippen LogP contribution in [0, 0.1) is 0 Å². The lowest BCUT2D eigenvalue weighted by molar-refractivity contribution is 0.296. The molecule has 7 heteroatoms. The summed E-state index contributed by atoms with van der Waals surface area (Å²) < 4.78 is 6.58.